The number of sulfonamides is 1. The van der Waals surface area contributed by atoms with Gasteiger partial charge < -0.3 is 5.11 Å². The molecule has 2 rings (SSSR count). The maximum atomic E-state index is 11.4. The molecule has 3 N–H and O–H groups in total. The number of benzene rings is 2. The number of phenolic OH excluding ortho intramolecular Hbond substituents is 1. The van der Waals surface area contributed by atoms with E-state index in [1.54, 1.807) is 36.4 Å². The summed E-state index contributed by atoms with van der Waals surface area (Å²) in [7, 11) is -3.81. The van der Waals surface area contributed by atoms with E-state index in [9.17, 15) is 13.5 Å². The van der Waals surface area contributed by atoms with E-state index in [0.29, 0.717) is 11.1 Å². The van der Waals surface area contributed by atoms with Gasteiger partial charge in [0.15, 0.2) is 0 Å². The van der Waals surface area contributed by atoms with Crippen LogP contribution in [-0.4, -0.2) is 13.5 Å². The fourth-order valence-electron chi connectivity index (χ4n) is 1.64. The molecule has 0 bridgehead atoms. The van der Waals surface area contributed by atoms with E-state index < -0.39 is 10.0 Å². The summed E-state index contributed by atoms with van der Waals surface area (Å²) in [6.45, 7) is 0. The van der Waals surface area contributed by atoms with E-state index in [2.05, 4.69) is 0 Å². The molecular formula is C12H11NO3S. The van der Waals surface area contributed by atoms with Crippen LogP contribution in [0.25, 0.3) is 11.1 Å². The van der Waals surface area contributed by atoms with E-state index in [4.69, 9.17) is 5.14 Å². The highest BCUT2D eigenvalue weighted by molar-refractivity contribution is 7.89. The molecule has 0 heterocycles. The number of primary sulfonamides is 1. The van der Waals surface area contributed by atoms with Crippen molar-refractivity contribution in [1.29, 1.82) is 0 Å². The normalized spacial score (nSPS) is 11.4. The fourth-order valence-corrected chi connectivity index (χ4v) is 2.39. The van der Waals surface area contributed by atoms with Crippen LogP contribution >= 0.6 is 0 Å². The standard InChI is InChI=1S/C12H11NO3S/c13-17(15,16)12-8-4-2-6-10(12)9-5-1-3-7-11(9)14/h1-8,14H,(H2,13,15,16). The second kappa shape index (κ2) is 4.20. The molecule has 0 aliphatic heterocycles. The van der Waals surface area contributed by atoms with E-state index in [1.165, 1.54) is 12.1 Å². The Morgan fingerprint density at radius 1 is 0.882 bits per heavy atom. The van der Waals surface area contributed by atoms with Gasteiger partial charge in [-0.1, -0.05) is 36.4 Å². The zero-order valence-electron chi connectivity index (χ0n) is 8.87. The Labute approximate surface area is 99.4 Å². The predicted molar refractivity (Wildman–Crippen MR) is 64.9 cm³/mol. The number of rotatable bonds is 2. The van der Waals surface area contributed by atoms with Crippen molar-refractivity contribution in [2.45, 2.75) is 4.90 Å². The number of phenols is 1. The largest absolute Gasteiger partial charge is 0.507 e. The first-order valence-electron chi connectivity index (χ1n) is 4.90. The molecule has 88 valence electrons. The number of aromatic hydroxyl groups is 1. The quantitative estimate of drug-likeness (QED) is 0.850. The molecule has 0 radical (unpaired) electrons. The molecule has 0 atom stereocenters. The van der Waals surface area contributed by atoms with Gasteiger partial charge in [0.2, 0.25) is 10.0 Å². The zero-order chi connectivity index (χ0) is 12.5. The minimum Gasteiger partial charge on any atom is -0.507 e. The monoisotopic (exact) mass is 249 g/mol. The Morgan fingerprint density at radius 3 is 2.00 bits per heavy atom. The van der Waals surface area contributed by atoms with Gasteiger partial charge in [-0.15, -0.1) is 0 Å². The van der Waals surface area contributed by atoms with Gasteiger partial charge in [0.05, 0.1) is 4.90 Å². The molecule has 0 aliphatic rings. The van der Waals surface area contributed by atoms with Crippen LogP contribution in [0.5, 0.6) is 5.75 Å². The molecule has 0 aromatic heterocycles. The molecule has 17 heavy (non-hydrogen) atoms. The number of nitrogens with two attached hydrogens (primary N) is 1. The van der Waals surface area contributed by atoms with Crippen molar-refractivity contribution in [3.05, 3.63) is 48.5 Å². The Bertz CT molecular complexity index is 650. The fraction of sp³-hybridized carbons (Fsp3) is 0. The maximum absolute atomic E-state index is 11.4. The zero-order valence-corrected chi connectivity index (χ0v) is 9.68. The lowest BCUT2D eigenvalue weighted by Gasteiger charge is -2.08. The van der Waals surface area contributed by atoms with Crippen LogP contribution in [0.2, 0.25) is 0 Å². The Hall–Kier alpha value is -1.85. The lowest BCUT2D eigenvalue weighted by Crippen LogP contribution is -2.13. The third-order valence-corrected chi connectivity index (χ3v) is 3.36. The average molecular weight is 249 g/mol. The Kier molecular flexibility index (Phi) is 2.87. The summed E-state index contributed by atoms with van der Waals surface area (Å²) >= 11 is 0. The van der Waals surface area contributed by atoms with Crippen LogP contribution in [0.4, 0.5) is 0 Å². The summed E-state index contributed by atoms with van der Waals surface area (Å²) in [4.78, 5) is 0.00139. The van der Waals surface area contributed by atoms with Crippen LogP contribution in [-0.2, 0) is 10.0 Å². The molecule has 0 amide bonds. The first-order chi connectivity index (χ1) is 8.00. The van der Waals surface area contributed by atoms with E-state index >= 15 is 0 Å². The molecule has 4 nitrogen and oxygen atoms in total. The van der Waals surface area contributed by atoms with Crippen molar-refractivity contribution in [1.82, 2.24) is 0 Å². The van der Waals surface area contributed by atoms with Crippen LogP contribution in [0.1, 0.15) is 0 Å². The summed E-state index contributed by atoms with van der Waals surface area (Å²) < 4.78 is 22.9. The van der Waals surface area contributed by atoms with E-state index in [1.807, 2.05) is 0 Å². The third kappa shape index (κ3) is 2.30. The van der Waals surface area contributed by atoms with Gasteiger partial charge in [0.1, 0.15) is 5.75 Å². The van der Waals surface area contributed by atoms with Gasteiger partial charge in [0.25, 0.3) is 0 Å². The molecule has 0 saturated carbocycles. The van der Waals surface area contributed by atoms with E-state index in [-0.39, 0.29) is 10.6 Å². The number of para-hydroxylation sites is 1. The first kappa shape index (κ1) is 11.6. The summed E-state index contributed by atoms with van der Waals surface area (Å²) in [6, 6.07) is 12.8. The molecule has 0 saturated heterocycles. The molecule has 0 fully saturated rings. The summed E-state index contributed by atoms with van der Waals surface area (Å²) in [6.07, 6.45) is 0. The Balaban J connectivity index is 2.74. The molecule has 0 unspecified atom stereocenters. The average Bonchev–Trinajstić information content (AvgIpc) is 2.28. The molecule has 0 spiro atoms. The van der Waals surface area contributed by atoms with Crippen molar-refractivity contribution in [3.8, 4) is 16.9 Å². The van der Waals surface area contributed by atoms with Gasteiger partial charge in [-0.05, 0) is 12.1 Å². The van der Waals surface area contributed by atoms with Gasteiger partial charge >= 0.3 is 0 Å². The molecule has 5 heteroatoms. The van der Waals surface area contributed by atoms with E-state index in [0.717, 1.165) is 0 Å². The third-order valence-electron chi connectivity index (χ3n) is 2.39. The lowest BCUT2D eigenvalue weighted by atomic mass is 10.0. The minimum atomic E-state index is -3.81. The second-order valence-corrected chi connectivity index (χ2v) is 5.09. The van der Waals surface area contributed by atoms with Crippen molar-refractivity contribution in [3.63, 3.8) is 0 Å². The smallest absolute Gasteiger partial charge is 0.238 e. The topological polar surface area (TPSA) is 80.4 Å². The first-order valence-corrected chi connectivity index (χ1v) is 6.45. The molecule has 0 aliphatic carbocycles. The van der Waals surface area contributed by atoms with Gasteiger partial charge in [-0.25, -0.2) is 13.6 Å². The second-order valence-electron chi connectivity index (χ2n) is 3.56. The van der Waals surface area contributed by atoms with Crippen LogP contribution in [0.15, 0.2) is 53.4 Å². The van der Waals surface area contributed by atoms with Gasteiger partial charge in [-0.3, -0.25) is 0 Å². The maximum Gasteiger partial charge on any atom is 0.238 e. The summed E-state index contributed by atoms with van der Waals surface area (Å²) in [5.74, 6) is 0.0172. The van der Waals surface area contributed by atoms with Crippen molar-refractivity contribution < 1.29 is 13.5 Å². The van der Waals surface area contributed by atoms with Crippen molar-refractivity contribution in [2.24, 2.45) is 5.14 Å². The number of hydrogen-bond donors (Lipinski definition) is 2. The molecular weight excluding hydrogens is 238 g/mol. The van der Waals surface area contributed by atoms with Crippen LogP contribution in [0, 0.1) is 0 Å². The van der Waals surface area contributed by atoms with Crippen molar-refractivity contribution in [2.75, 3.05) is 0 Å². The highest BCUT2D eigenvalue weighted by Gasteiger charge is 2.16. The number of hydrogen-bond acceptors (Lipinski definition) is 3. The minimum absolute atomic E-state index is 0.00139. The van der Waals surface area contributed by atoms with Gasteiger partial charge in [-0.2, -0.15) is 0 Å². The van der Waals surface area contributed by atoms with Crippen molar-refractivity contribution >= 4 is 10.0 Å². The molecule has 2 aromatic carbocycles. The predicted octanol–water partition coefficient (Wildman–Crippen LogP) is 1.71. The SMILES string of the molecule is NS(=O)(=O)c1ccccc1-c1ccccc1O. The highest BCUT2D eigenvalue weighted by atomic mass is 32.2. The Morgan fingerprint density at radius 2 is 1.41 bits per heavy atom. The van der Waals surface area contributed by atoms with Crippen LogP contribution < -0.4 is 5.14 Å². The van der Waals surface area contributed by atoms with Crippen LogP contribution in [0.3, 0.4) is 0 Å². The lowest BCUT2D eigenvalue weighted by molar-refractivity contribution is 0.477. The van der Waals surface area contributed by atoms with Gasteiger partial charge in [0, 0.05) is 11.1 Å². The highest BCUT2D eigenvalue weighted by Crippen LogP contribution is 2.32. The summed E-state index contributed by atoms with van der Waals surface area (Å²) in [5.41, 5.74) is 0.838. The molecule has 2 aromatic rings. The summed E-state index contributed by atoms with van der Waals surface area (Å²) in [5, 5.41) is 14.9.